The summed E-state index contributed by atoms with van der Waals surface area (Å²) in [6.07, 6.45) is -6.13. The monoisotopic (exact) mass is 399 g/mol. The molecular weight excluding hydrogens is 382 g/mol. The standard InChI is InChI=1S/C19H17F4NO4/c1-27-16-4-2-3-13(20)17(16)14-9-15(25)18(26)24(14)10-11-5-7-12(8-6-11)28-19(21,22)23/h2-8,14-15,25H,9-10H2,1H3. The van der Waals surface area contributed by atoms with E-state index in [0.717, 1.165) is 12.1 Å². The smallest absolute Gasteiger partial charge is 0.496 e. The Bertz CT molecular complexity index is 854. The van der Waals surface area contributed by atoms with Gasteiger partial charge < -0.3 is 19.5 Å². The lowest BCUT2D eigenvalue weighted by Gasteiger charge is -2.26. The molecule has 1 saturated heterocycles. The van der Waals surface area contributed by atoms with Gasteiger partial charge in [0.2, 0.25) is 0 Å². The van der Waals surface area contributed by atoms with Crippen LogP contribution in [0.15, 0.2) is 42.5 Å². The van der Waals surface area contributed by atoms with Crippen molar-refractivity contribution >= 4 is 5.91 Å². The third-order valence-corrected chi connectivity index (χ3v) is 4.47. The highest BCUT2D eigenvalue weighted by Crippen LogP contribution is 2.40. The number of aliphatic hydroxyl groups is 1. The Morgan fingerprint density at radius 3 is 2.46 bits per heavy atom. The molecule has 0 radical (unpaired) electrons. The Kier molecular flexibility index (Phi) is 5.46. The van der Waals surface area contributed by atoms with Gasteiger partial charge >= 0.3 is 6.36 Å². The number of rotatable bonds is 5. The summed E-state index contributed by atoms with van der Waals surface area (Å²) in [4.78, 5) is 13.7. The quantitative estimate of drug-likeness (QED) is 0.781. The largest absolute Gasteiger partial charge is 0.573 e. The normalized spacial score (nSPS) is 19.8. The number of halogens is 4. The number of hydrogen-bond donors (Lipinski definition) is 1. The van der Waals surface area contributed by atoms with Crippen molar-refractivity contribution in [3.8, 4) is 11.5 Å². The minimum absolute atomic E-state index is 0.0224. The lowest BCUT2D eigenvalue weighted by Crippen LogP contribution is -2.31. The average Bonchev–Trinajstić information content (AvgIpc) is 2.90. The summed E-state index contributed by atoms with van der Waals surface area (Å²) in [6, 6.07) is 8.46. The number of ether oxygens (including phenoxy) is 2. The van der Waals surface area contributed by atoms with Gasteiger partial charge in [0.15, 0.2) is 0 Å². The lowest BCUT2D eigenvalue weighted by molar-refractivity contribution is -0.274. The molecule has 0 aliphatic carbocycles. The number of carbonyl (C=O) groups excluding carboxylic acids is 1. The number of benzene rings is 2. The van der Waals surface area contributed by atoms with E-state index in [-0.39, 0.29) is 24.3 Å². The summed E-state index contributed by atoms with van der Waals surface area (Å²) < 4.78 is 60.2. The van der Waals surface area contributed by atoms with E-state index in [2.05, 4.69) is 4.74 Å². The van der Waals surface area contributed by atoms with Gasteiger partial charge in [0.1, 0.15) is 23.4 Å². The van der Waals surface area contributed by atoms with E-state index >= 15 is 0 Å². The van der Waals surface area contributed by atoms with Crippen LogP contribution in [0.4, 0.5) is 17.6 Å². The van der Waals surface area contributed by atoms with Gasteiger partial charge in [0, 0.05) is 13.0 Å². The SMILES string of the molecule is COc1cccc(F)c1C1CC(O)C(=O)N1Cc1ccc(OC(F)(F)F)cc1. The average molecular weight is 399 g/mol. The number of likely N-dealkylation sites (tertiary alicyclic amines) is 1. The molecule has 1 fully saturated rings. The van der Waals surface area contributed by atoms with Crippen molar-refractivity contribution in [1.82, 2.24) is 4.90 Å². The predicted octanol–water partition coefficient (Wildman–Crippen LogP) is 3.57. The molecule has 1 aliphatic heterocycles. The van der Waals surface area contributed by atoms with Crippen LogP contribution >= 0.6 is 0 Å². The minimum atomic E-state index is -4.80. The first-order valence-corrected chi connectivity index (χ1v) is 8.35. The number of methoxy groups -OCH3 is 1. The Labute approximate surface area is 158 Å². The van der Waals surface area contributed by atoms with E-state index in [1.807, 2.05) is 0 Å². The maximum Gasteiger partial charge on any atom is 0.573 e. The number of carbonyl (C=O) groups is 1. The van der Waals surface area contributed by atoms with Crippen LogP contribution in [0.25, 0.3) is 0 Å². The van der Waals surface area contributed by atoms with Crippen LogP contribution in [-0.2, 0) is 11.3 Å². The second kappa shape index (κ2) is 7.67. The van der Waals surface area contributed by atoms with Crippen LogP contribution in [-0.4, -0.2) is 35.5 Å². The van der Waals surface area contributed by atoms with E-state index in [1.54, 1.807) is 6.07 Å². The highest BCUT2D eigenvalue weighted by Gasteiger charge is 2.41. The molecule has 1 aliphatic rings. The second-order valence-electron chi connectivity index (χ2n) is 6.28. The predicted molar refractivity (Wildman–Crippen MR) is 90.0 cm³/mol. The molecule has 2 aromatic rings. The van der Waals surface area contributed by atoms with Crippen molar-refractivity contribution < 1.29 is 36.9 Å². The fraction of sp³-hybridized carbons (Fsp3) is 0.316. The molecule has 150 valence electrons. The van der Waals surface area contributed by atoms with Gasteiger partial charge in [-0.1, -0.05) is 18.2 Å². The topological polar surface area (TPSA) is 59.0 Å². The van der Waals surface area contributed by atoms with Crippen molar-refractivity contribution in [1.29, 1.82) is 0 Å². The summed E-state index contributed by atoms with van der Waals surface area (Å²) in [6.45, 7) is -0.0235. The Hall–Kier alpha value is -2.81. The molecule has 1 heterocycles. The molecule has 0 spiro atoms. The third kappa shape index (κ3) is 4.19. The van der Waals surface area contributed by atoms with E-state index in [4.69, 9.17) is 4.74 Å². The van der Waals surface area contributed by atoms with Gasteiger partial charge in [-0.25, -0.2) is 4.39 Å². The van der Waals surface area contributed by atoms with Crippen molar-refractivity contribution in [2.75, 3.05) is 7.11 Å². The van der Waals surface area contributed by atoms with Gasteiger partial charge in [-0.3, -0.25) is 4.79 Å². The molecule has 2 unspecified atom stereocenters. The molecule has 0 aromatic heterocycles. The molecule has 2 aromatic carbocycles. The molecule has 0 bridgehead atoms. The molecule has 1 amide bonds. The van der Waals surface area contributed by atoms with E-state index in [9.17, 15) is 27.5 Å². The van der Waals surface area contributed by atoms with Gasteiger partial charge in [-0.15, -0.1) is 13.2 Å². The third-order valence-electron chi connectivity index (χ3n) is 4.47. The maximum absolute atomic E-state index is 14.4. The molecular formula is C19H17F4NO4. The first kappa shape index (κ1) is 19.9. The van der Waals surface area contributed by atoms with Crippen LogP contribution in [0, 0.1) is 5.82 Å². The minimum Gasteiger partial charge on any atom is -0.496 e. The highest BCUT2D eigenvalue weighted by molar-refractivity contribution is 5.83. The van der Waals surface area contributed by atoms with Gasteiger partial charge in [-0.2, -0.15) is 0 Å². The first-order valence-electron chi connectivity index (χ1n) is 8.35. The molecule has 9 heteroatoms. The zero-order chi connectivity index (χ0) is 20.5. The zero-order valence-corrected chi connectivity index (χ0v) is 14.7. The van der Waals surface area contributed by atoms with Crippen LogP contribution in [0.5, 0.6) is 11.5 Å². The van der Waals surface area contributed by atoms with E-state index in [0.29, 0.717) is 5.56 Å². The fourth-order valence-electron chi connectivity index (χ4n) is 3.26. The summed E-state index contributed by atoms with van der Waals surface area (Å²) in [7, 11) is 1.37. The number of nitrogens with zero attached hydrogens (tertiary/aromatic N) is 1. The molecule has 5 nitrogen and oxygen atoms in total. The van der Waals surface area contributed by atoms with Crippen LogP contribution in [0.2, 0.25) is 0 Å². The number of amides is 1. The Morgan fingerprint density at radius 2 is 1.86 bits per heavy atom. The summed E-state index contributed by atoms with van der Waals surface area (Å²) in [5.41, 5.74) is 0.643. The second-order valence-corrected chi connectivity index (χ2v) is 6.28. The van der Waals surface area contributed by atoms with Crippen molar-refractivity contribution in [2.45, 2.75) is 31.5 Å². The van der Waals surface area contributed by atoms with Crippen molar-refractivity contribution in [3.63, 3.8) is 0 Å². The number of aliphatic hydroxyl groups excluding tert-OH is 1. The van der Waals surface area contributed by atoms with Crippen molar-refractivity contribution in [2.24, 2.45) is 0 Å². The molecule has 28 heavy (non-hydrogen) atoms. The van der Waals surface area contributed by atoms with Gasteiger partial charge in [-0.05, 0) is 29.8 Å². The van der Waals surface area contributed by atoms with Crippen LogP contribution in [0.3, 0.4) is 0 Å². The molecule has 3 rings (SSSR count). The van der Waals surface area contributed by atoms with Crippen LogP contribution < -0.4 is 9.47 Å². The summed E-state index contributed by atoms with van der Waals surface area (Å²) in [5, 5.41) is 10.0. The van der Waals surface area contributed by atoms with E-state index in [1.165, 1.54) is 36.3 Å². The molecule has 2 atom stereocenters. The van der Waals surface area contributed by atoms with Crippen LogP contribution in [0.1, 0.15) is 23.6 Å². The summed E-state index contributed by atoms with van der Waals surface area (Å²) in [5.74, 6) is -1.32. The molecule has 1 N–H and O–H groups in total. The molecule has 0 saturated carbocycles. The highest BCUT2D eigenvalue weighted by atomic mass is 19.4. The van der Waals surface area contributed by atoms with Crippen molar-refractivity contribution in [3.05, 3.63) is 59.4 Å². The Morgan fingerprint density at radius 1 is 1.18 bits per heavy atom. The number of alkyl halides is 3. The zero-order valence-electron chi connectivity index (χ0n) is 14.7. The van der Waals surface area contributed by atoms with Gasteiger partial charge in [0.25, 0.3) is 5.91 Å². The first-order chi connectivity index (χ1) is 13.2. The fourth-order valence-corrected chi connectivity index (χ4v) is 3.26. The maximum atomic E-state index is 14.4. The van der Waals surface area contributed by atoms with Gasteiger partial charge in [0.05, 0.1) is 18.7 Å². The lowest BCUT2D eigenvalue weighted by atomic mass is 10.0. The Balaban J connectivity index is 1.86. The number of hydrogen-bond acceptors (Lipinski definition) is 4. The summed E-state index contributed by atoms with van der Waals surface area (Å²) >= 11 is 0. The van der Waals surface area contributed by atoms with E-state index < -0.39 is 36.0 Å².